The first kappa shape index (κ1) is 21.1. The van der Waals surface area contributed by atoms with Gasteiger partial charge in [0.2, 0.25) is 0 Å². The molecule has 0 spiro atoms. The summed E-state index contributed by atoms with van der Waals surface area (Å²) in [6, 6.07) is 21.0. The van der Waals surface area contributed by atoms with Crippen molar-refractivity contribution in [3.05, 3.63) is 99.6 Å². The Morgan fingerprint density at radius 1 is 1.03 bits per heavy atom. The second-order valence-corrected chi connectivity index (χ2v) is 8.12. The van der Waals surface area contributed by atoms with Crippen LogP contribution >= 0.6 is 11.6 Å². The van der Waals surface area contributed by atoms with E-state index >= 15 is 0 Å². The number of halogens is 1. The highest BCUT2D eigenvalue weighted by Gasteiger charge is 2.19. The van der Waals surface area contributed by atoms with Gasteiger partial charge in [-0.15, -0.1) is 0 Å². The molecule has 31 heavy (non-hydrogen) atoms. The summed E-state index contributed by atoms with van der Waals surface area (Å²) >= 11 is 6.03. The van der Waals surface area contributed by atoms with Gasteiger partial charge in [-0.25, -0.2) is 4.79 Å². The van der Waals surface area contributed by atoms with Gasteiger partial charge >= 0.3 is 5.97 Å². The number of carbonyl (C=O) groups excluding carboxylic acids is 2. The summed E-state index contributed by atoms with van der Waals surface area (Å²) in [7, 11) is 1.29. The lowest BCUT2D eigenvalue weighted by Gasteiger charge is -2.26. The molecule has 158 valence electrons. The molecular formula is C25H24ClN2O3+. The van der Waals surface area contributed by atoms with Crippen LogP contribution in [0.3, 0.4) is 0 Å². The fraction of sp³-hybridized carbons (Fsp3) is 0.200. The molecule has 3 aromatic carbocycles. The summed E-state index contributed by atoms with van der Waals surface area (Å²) in [5.41, 5.74) is 5.33. The molecule has 3 aromatic rings. The van der Waals surface area contributed by atoms with Gasteiger partial charge in [0.25, 0.3) is 5.91 Å². The van der Waals surface area contributed by atoms with Crippen LogP contribution in [0.1, 0.15) is 37.4 Å². The van der Waals surface area contributed by atoms with Gasteiger partial charge in [0.1, 0.15) is 13.1 Å². The Hall–Kier alpha value is -3.15. The molecule has 0 saturated carbocycles. The van der Waals surface area contributed by atoms with Gasteiger partial charge < -0.3 is 15.0 Å². The van der Waals surface area contributed by atoms with Crippen molar-refractivity contribution in [2.24, 2.45) is 0 Å². The highest BCUT2D eigenvalue weighted by molar-refractivity contribution is 6.33. The van der Waals surface area contributed by atoms with Crippen molar-refractivity contribution in [2.75, 3.05) is 19.0 Å². The lowest BCUT2D eigenvalue weighted by atomic mass is 9.99. The van der Waals surface area contributed by atoms with Gasteiger partial charge in [-0.05, 0) is 35.9 Å². The third-order valence-electron chi connectivity index (χ3n) is 5.61. The minimum atomic E-state index is -0.548. The van der Waals surface area contributed by atoms with Crippen molar-refractivity contribution < 1.29 is 19.2 Å². The first-order chi connectivity index (χ1) is 15.0. The summed E-state index contributed by atoms with van der Waals surface area (Å²) in [6.45, 7) is 3.06. The third-order valence-corrected chi connectivity index (χ3v) is 5.94. The fourth-order valence-electron chi connectivity index (χ4n) is 3.93. The Kier molecular flexibility index (Phi) is 6.35. The molecule has 0 aliphatic carbocycles. The number of hydrogen-bond donors (Lipinski definition) is 2. The molecule has 4 rings (SSSR count). The number of anilines is 1. The molecule has 1 amide bonds. The average Bonchev–Trinajstić information content (AvgIpc) is 2.80. The lowest BCUT2D eigenvalue weighted by Crippen LogP contribution is -3.10. The number of benzene rings is 3. The minimum Gasteiger partial charge on any atom is -0.465 e. The van der Waals surface area contributed by atoms with E-state index in [0.717, 1.165) is 26.1 Å². The average molecular weight is 436 g/mol. The number of quaternary nitrogens is 1. The topological polar surface area (TPSA) is 59.8 Å². The van der Waals surface area contributed by atoms with Crippen LogP contribution in [0, 0.1) is 0 Å². The first-order valence-corrected chi connectivity index (χ1v) is 10.6. The van der Waals surface area contributed by atoms with Crippen LogP contribution < -0.4 is 10.2 Å². The summed E-state index contributed by atoms with van der Waals surface area (Å²) in [6.07, 6.45) is 1.10. The lowest BCUT2D eigenvalue weighted by molar-refractivity contribution is -0.929. The second-order valence-electron chi connectivity index (χ2n) is 7.71. The third kappa shape index (κ3) is 4.95. The Morgan fingerprint density at radius 3 is 2.52 bits per heavy atom. The zero-order valence-corrected chi connectivity index (χ0v) is 18.0. The zero-order chi connectivity index (χ0) is 21.8. The number of carbonyl (C=O) groups is 2. The predicted molar refractivity (Wildman–Crippen MR) is 121 cm³/mol. The van der Waals surface area contributed by atoms with E-state index in [1.54, 1.807) is 12.1 Å². The number of hydrogen-bond acceptors (Lipinski definition) is 3. The molecule has 0 saturated heterocycles. The maximum atomic E-state index is 12.6. The summed E-state index contributed by atoms with van der Waals surface area (Å²) in [5.74, 6) is -0.794. The molecule has 1 unspecified atom stereocenters. The molecule has 1 atom stereocenters. The molecule has 0 radical (unpaired) electrons. The summed E-state index contributed by atoms with van der Waals surface area (Å²) < 4.78 is 4.72. The molecular weight excluding hydrogens is 412 g/mol. The molecule has 0 bridgehead atoms. The molecule has 1 aliphatic rings. The Balaban J connectivity index is 1.39. The Morgan fingerprint density at radius 2 is 1.77 bits per heavy atom. The highest BCUT2D eigenvalue weighted by Crippen LogP contribution is 2.22. The van der Waals surface area contributed by atoms with E-state index < -0.39 is 5.97 Å². The van der Waals surface area contributed by atoms with Crippen molar-refractivity contribution in [1.29, 1.82) is 0 Å². The van der Waals surface area contributed by atoms with E-state index in [9.17, 15) is 9.59 Å². The van der Waals surface area contributed by atoms with Crippen molar-refractivity contribution in [3.8, 4) is 0 Å². The molecule has 6 heteroatoms. The molecule has 0 aromatic heterocycles. The smallest absolute Gasteiger partial charge is 0.339 e. The van der Waals surface area contributed by atoms with Gasteiger partial charge in [-0.3, -0.25) is 4.79 Å². The molecule has 1 heterocycles. The number of rotatable bonds is 5. The number of fused-ring (bicyclic) bond motifs is 1. The molecule has 0 fully saturated rings. The van der Waals surface area contributed by atoms with E-state index in [2.05, 4.69) is 29.6 Å². The first-order valence-electron chi connectivity index (χ1n) is 10.2. The minimum absolute atomic E-state index is 0.211. The predicted octanol–water partition coefficient (Wildman–Crippen LogP) is 3.52. The number of ether oxygens (including phenoxy) is 1. The van der Waals surface area contributed by atoms with E-state index in [1.807, 2.05) is 24.3 Å². The van der Waals surface area contributed by atoms with Crippen LogP contribution in [0.2, 0.25) is 5.02 Å². The van der Waals surface area contributed by atoms with Crippen molar-refractivity contribution >= 4 is 29.2 Å². The van der Waals surface area contributed by atoms with Gasteiger partial charge in [0.05, 0.1) is 24.2 Å². The number of nitrogens with one attached hydrogen (secondary N) is 2. The monoisotopic (exact) mass is 435 g/mol. The number of methoxy groups -OCH3 is 1. The maximum Gasteiger partial charge on any atom is 0.339 e. The Bertz CT molecular complexity index is 1110. The normalized spacial score (nSPS) is 15.1. The van der Waals surface area contributed by atoms with Crippen LogP contribution in [0.5, 0.6) is 0 Å². The SMILES string of the molecule is COC(=O)c1cc(NC(=O)c2ccc(C[NH+]3CCc4ccccc4C3)cc2)ccc1Cl. The van der Waals surface area contributed by atoms with Crippen LogP contribution in [-0.2, 0) is 24.2 Å². The van der Waals surface area contributed by atoms with Crippen molar-refractivity contribution in [3.63, 3.8) is 0 Å². The van der Waals surface area contributed by atoms with Gasteiger partial charge in [-0.2, -0.15) is 0 Å². The Labute approximate surface area is 186 Å². The van der Waals surface area contributed by atoms with Crippen LogP contribution in [0.4, 0.5) is 5.69 Å². The van der Waals surface area contributed by atoms with Crippen LogP contribution in [0.25, 0.3) is 0 Å². The fourth-order valence-corrected chi connectivity index (χ4v) is 4.12. The van der Waals surface area contributed by atoms with Crippen molar-refractivity contribution in [2.45, 2.75) is 19.5 Å². The maximum absolute atomic E-state index is 12.6. The number of esters is 1. The standard InChI is InChI=1S/C25H23ClN2O3/c1-31-25(30)22-14-21(10-11-23(22)26)27-24(29)19-8-6-17(7-9-19)15-28-13-12-18-4-2-3-5-20(18)16-28/h2-11,14H,12-13,15-16H2,1H3,(H,27,29)/p+1. The van der Waals surface area contributed by atoms with E-state index in [-0.39, 0.29) is 16.5 Å². The molecule has 2 N–H and O–H groups in total. The largest absolute Gasteiger partial charge is 0.465 e. The van der Waals surface area contributed by atoms with Gasteiger partial charge in [0.15, 0.2) is 0 Å². The van der Waals surface area contributed by atoms with Crippen LogP contribution in [0.15, 0.2) is 66.7 Å². The van der Waals surface area contributed by atoms with E-state index in [1.165, 1.54) is 34.8 Å². The quantitative estimate of drug-likeness (QED) is 0.603. The van der Waals surface area contributed by atoms with E-state index in [0.29, 0.717) is 11.3 Å². The van der Waals surface area contributed by atoms with Gasteiger partial charge in [0, 0.05) is 28.8 Å². The molecule has 5 nitrogen and oxygen atoms in total. The highest BCUT2D eigenvalue weighted by atomic mass is 35.5. The molecule has 1 aliphatic heterocycles. The van der Waals surface area contributed by atoms with Crippen molar-refractivity contribution in [1.82, 2.24) is 0 Å². The second kappa shape index (κ2) is 9.33. The summed E-state index contributed by atoms with van der Waals surface area (Å²) in [5, 5.41) is 3.08. The van der Waals surface area contributed by atoms with Crippen LogP contribution in [-0.4, -0.2) is 25.5 Å². The summed E-state index contributed by atoms with van der Waals surface area (Å²) in [4.78, 5) is 25.9. The van der Waals surface area contributed by atoms with E-state index in [4.69, 9.17) is 16.3 Å². The number of amides is 1. The van der Waals surface area contributed by atoms with Gasteiger partial charge in [-0.1, -0.05) is 48.0 Å². The zero-order valence-electron chi connectivity index (χ0n) is 17.3.